The lowest BCUT2D eigenvalue weighted by Crippen LogP contribution is -2.23. The topological polar surface area (TPSA) is 35.5 Å². The lowest BCUT2D eigenvalue weighted by atomic mass is 10.3. The molecule has 1 aliphatic carbocycles. The maximum atomic E-state index is 13.9. The van der Waals surface area contributed by atoms with Crippen molar-refractivity contribution >= 4 is 7.60 Å². The van der Waals surface area contributed by atoms with Crippen molar-refractivity contribution in [1.82, 2.24) is 0 Å². The molecule has 0 bridgehead atoms. The molecule has 6 heteroatoms. The molecule has 2 atom stereocenters. The maximum absolute atomic E-state index is 13.9. The quantitative estimate of drug-likeness (QED) is 0.513. The van der Waals surface area contributed by atoms with Crippen molar-refractivity contribution in [2.45, 2.75) is 25.9 Å². The van der Waals surface area contributed by atoms with Crippen LogP contribution in [0.3, 0.4) is 0 Å². The third kappa shape index (κ3) is 2.36. The van der Waals surface area contributed by atoms with Crippen molar-refractivity contribution in [3.8, 4) is 0 Å². The van der Waals surface area contributed by atoms with Gasteiger partial charge < -0.3 is 9.05 Å². The van der Waals surface area contributed by atoms with Crippen molar-refractivity contribution in [3.63, 3.8) is 0 Å². The number of hydrogen-bond donors (Lipinski definition) is 0. The highest BCUT2D eigenvalue weighted by Gasteiger charge is 2.65. The largest absolute Gasteiger partial charge is 0.399 e. The second-order valence-corrected chi connectivity index (χ2v) is 5.77. The molecule has 1 rings (SSSR count). The van der Waals surface area contributed by atoms with E-state index in [0.717, 1.165) is 0 Å². The van der Waals surface area contributed by atoms with Crippen molar-refractivity contribution in [2.75, 3.05) is 13.2 Å². The fourth-order valence-corrected chi connectivity index (χ4v) is 3.43. The minimum atomic E-state index is -4.35. The molecule has 1 saturated carbocycles. The summed E-state index contributed by atoms with van der Waals surface area (Å²) in [5, 5.41) is 0. The lowest BCUT2D eigenvalue weighted by Gasteiger charge is -2.25. The average molecular weight is 254 g/mol. The molecule has 0 aliphatic heterocycles. The maximum Gasteiger partial charge on any atom is 0.399 e. The molecule has 0 spiro atoms. The average Bonchev–Trinajstić information content (AvgIpc) is 2.97. The van der Waals surface area contributed by atoms with Crippen LogP contribution < -0.4 is 0 Å². The summed E-state index contributed by atoms with van der Waals surface area (Å²) in [4.78, 5) is 0. The molecule has 0 aromatic carbocycles. The molecule has 0 N–H and O–H groups in total. The number of allylic oxidation sites excluding steroid dienone is 1. The Balaban J connectivity index is 2.84. The van der Waals surface area contributed by atoms with Crippen LogP contribution in [0.25, 0.3) is 0 Å². The van der Waals surface area contributed by atoms with Crippen molar-refractivity contribution in [3.05, 3.63) is 12.7 Å². The van der Waals surface area contributed by atoms with Crippen LogP contribution >= 0.6 is 7.60 Å². The monoisotopic (exact) mass is 254 g/mol. The highest BCUT2D eigenvalue weighted by Crippen LogP contribution is 2.70. The van der Waals surface area contributed by atoms with E-state index in [1.807, 2.05) is 0 Å². The first-order valence-electron chi connectivity index (χ1n) is 5.32. The van der Waals surface area contributed by atoms with E-state index in [1.165, 1.54) is 19.9 Å². The molecular formula is C10H17F2O3P. The molecule has 3 nitrogen and oxygen atoms in total. The van der Waals surface area contributed by atoms with E-state index >= 15 is 0 Å². The molecule has 16 heavy (non-hydrogen) atoms. The molecule has 0 aromatic rings. The van der Waals surface area contributed by atoms with Gasteiger partial charge in [0.15, 0.2) is 0 Å². The van der Waals surface area contributed by atoms with E-state index < -0.39 is 19.2 Å². The summed E-state index contributed by atoms with van der Waals surface area (Å²) >= 11 is 0. The highest BCUT2D eigenvalue weighted by molar-refractivity contribution is 7.55. The third-order valence-corrected chi connectivity index (χ3v) is 4.81. The smallest absolute Gasteiger partial charge is 0.305 e. The third-order valence-electron chi connectivity index (χ3n) is 2.55. The summed E-state index contributed by atoms with van der Waals surface area (Å²) in [5.41, 5.74) is -3.42. The van der Waals surface area contributed by atoms with E-state index in [1.54, 1.807) is 0 Å². The first-order chi connectivity index (χ1) is 7.43. The van der Waals surface area contributed by atoms with Gasteiger partial charge in [-0.1, -0.05) is 6.08 Å². The van der Waals surface area contributed by atoms with Gasteiger partial charge in [0, 0.05) is 5.92 Å². The molecule has 0 amide bonds. The fraction of sp³-hybridized carbons (Fsp3) is 0.800. The second kappa shape index (κ2) is 4.94. The van der Waals surface area contributed by atoms with Gasteiger partial charge in [-0.15, -0.1) is 6.58 Å². The van der Waals surface area contributed by atoms with E-state index in [0.29, 0.717) is 6.42 Å². The molecule has 0 radical (unpaired) electrons. The van der Waals surface area contributed by atoms with Crippen LogP contribution in [-0.2, 0) is 13.6 Å². The van der Waals surface area contributed by atoms with Gasteiger partial charge in [0.1, 0.15) is 0 Å². The van der Waals surface area contributed by atoms with Gasteiger partial charge >= 0.3 is 13.3 Å². The number of halogens is 2. The zero-order valence-corrected chi connectivity index (χ0v) is 10.4. The number of alkyl halides is 2. The van der Waals surface area contributed by atoms with E-state index in [4.69, 9.17) is 0 Å². The molecule has 0 saturated heterocycles. The summed E-state index contributed by atoms with van der Waals surface area (Å²) in [6.45, 7) is 6.37. The van der Waals surface area contributed by atoms with Gasteiger partial charge in [0.05, 0.1) is 13.2 Å². The van der Waals surface area contributed by atoms with Gasteiger partial charge in [-0.2, -0.15) is 8.78 Å². The lowest BCUT2D eigenvalue weighted by molar-refractivity contribution is 0.0170. The SMILES string of the molecule is C=C[C@H]1C[C@@H]1C(F)(F)P(=O)(OCC)OCC. The van der Waals surface area contributed by atoms with Gasteiger partial charge in [-0.05, 0) is 26.2 Å². The van der Waals surface area contributed by atoms with E-state index in [2.05, 4.69) is 15.6 Å². The van der Waals surface area contributed by atoms with Crippen LogP contribution in [0.2, 0.25) is 0 Å². The van der Waals surface area contributed by atoms with Gasteiger partial charge in [0.2, 0.25) is 0 Å². The number of rotatable bonds is 7. The predicted molar refractivity (Wildman–Crippen MR) is 57.6 cm³/mol. The predicted octanol–water partition coefficient (Wildman–Crippen LogP) is 3.67. The Morgan fingerprint density at radius 1 is 1.44 bits per heavy atom. The second-order valence-electron chi connectivity index (χ2n) is 3.66. The number of hydrogen-bond acceptors (Lipinski definition) is 3. The Labute approximate surface area is 94.3 Å². The zero-order valence-electron chi connectivity index (χ0n) is 9.49. The van der Waals surface area contributed by atoms with Gasteiger partial charge in [0.25, 0.3) is 0 Å². The van der Waals surface area contributed by atoms with Crippen LogP contribution in [0.1, 0.15) is 20.3 Å². The molecule has 94 valence electrons. The van der Waals surface area contributed by atoms with Crippen molar-refractivity contribution in [2.24, 2.45) is 11.8 Å². The molecule has 0 heterocycles. The van der Waals surface area contributed by atoms with E-state index in [-0.39, 0.29) is 19.1 Å². The van der Waals surface area contributed by atoms with Crippen molar-refractivity contribution in [1.29, 1.82) is 0 Å². The van der Waals surface area contributed by atoms with Crippen molar-refractivity contribution < 1.29 is 22.4 Å². The fourth-order valence-electron chi connectivity index (χ4n) is 1.63. The molecular weight excluding hydrogens is 237 g/mol. The first kappa shape index (κ1) is 13.8. The van der Waals surface area contributed by atoms with Crippen LogP contribution in [0.15, 0.2) is 12.7 Å². The Hall–Kier alpha value is -0.250. The minimum absolute atomic E-state index is 0.0572. The summed E-state index contributed by atoms with van der Waals surface area (Å²) in [6, 6.07) is 0. The van der Waals surface area contributed by atoms with Crippen LogP contribution in [0.4, 0.5) is 8.78 Å². The minimum Gasteiger partial charge on any atom is -0.305 e. The molecule has 1 aliphatic rings. The Bertz CT molecular complexity index is 296. The summed E-state index contributed by atoms with van der Waals surface area (Å²) in [6.07, 6.45) is 1.75. The van der Waals surface area contributed by atoms with Gasteiger partial charge in [-0.3, -0.25) is 4.57 Å². The Kier molecular flexibility index (Phi) is 4.27. The van der Waals surface area contributed by atoms with E-state index in [9.17, 15) is 13.3 Å². The highest BCUT2D eigenvalue weighted by atomic mass is 31.2. The summed E-state index contributed by atoms with van der Waals surface area (Å²) in [5.74, 6) is -1.25. The normalized spacial score (nSPS) is 25.5. The molecule has 0 aromatic heterocycles. The first-order valence-corrected chi connectivity index (χ1v) is 6.86. The standard InChI is InChI=1S/C10H17F2O3P/c1-4-8-7-9(8)10(11,12)16(13,14-5-2)15-6-3/h4,8-9H,1,5-7H2,2-3H3/t8-,9-/m0/s1. The Morgan fingerprint density at radius 2 is 1.94 bits per heavy atom. The Morgan fingerprint density at radius 3 is 2.25 bits per heavy atom. The van der Waals surface area contributed by atoms with Crippen LogP contribution in [-0.4, -0.2) is 18.9 Å². The van der Waals surface area contributed by atoms with Crippen LogP contribution in [0, 0.1) is 11.8 Å². The summed E-state index contributed by atoms with van der Waals surface area (Å²) in [7, 11) is -4.35. The molecule has 0 unspecified atom stereocenters. The zero-order chi connectivity index (χ0) is 12.4. The summed E-state index contributed by atoms with van der Waals surface area (Å²) < 4.78 is 49.1. The van der Waals surface area contributed by atoms with Crippen LogP contribution in [0.5, 0.6) is 0 Å². The van der Waals surface area contributed by atoms with Gasteiger partial charge in [-0.25, -0.2) is 0 Å². The molecule has 1 fully saturated rings.